The Kier molecular flexibility index (Phi) is 7.10. The van der Waals surface area contributed by atoms with Gasteiger partial charge in [-0.15, -0.1) is 0 Å². The minimum Gasteiger partial charge on any atom is -0.490 e. The fourth-order valence-electron chi connectivity index (χ4n) is 3.89. The molecule has 0 radical (unpaired) electrons. The number of rotatable bonds is 7. The minimum absolute atomic E-state index is 0.0157. The summed E-state index contributed by atoms with van der Waals surface area (Å²) >= 11 is 0. The lowest BCUT2D eigenvalue weighted by molar-refractivity contribution is -0.127. The van der Waals surface area contributed by atoms with E-state index < -0.39 is 5.41 Å². The third-order valence-electron chi connectivity index (χ3n) is 5.95. The number of nitrogens with one attached hydrogen (secondary N) is 1. The number of para-hydroxylation sites is 2. The first-order chi connectivity index (χ1) is 16.7. The van der Waals surface area contributed by atoms with Crippen molar-refractivity contribution in [2.45, 2.75) is 34.1 Å². The lowest BCUT2D eigenvalue weighted by Gasteiger charge is -2.28. The van der Waals surface area contributed by atoms with Crippen molar-refractivity contribution in [2.24, 2.45) is 11.3 Å². The summed E-state index contributed by atoms with van der Waals surface area (Å²) in [7, 11) is 0. The van der Waals surface area contributed by atoms with Crippen LogP contribution in [0.25, 0.3) is 0 Å². The molecule has 0 atom stereocenters. The highest BCUT2D eigenvalue weighted by Crippen LogP contribution is 2.39. The van der Waals surface area contributed by atoms with Crippen molar-refractivity contribution < 1.29 is 19.1 Å². The maximum atomic E-state index is 13.4. The molecule has 35 heavy (non-hydrogen) atoms. The molecule has 1 aliphatic heterocycles. The summed E-state index contributed by atoms with van der Waals surface area (Å²) in [4.78, 5) is 28.4. The molecule has 6 heteroatoms. The Bertz CT molecular complexity index is 1200. The van der Waals surface area contributed by atoms with E-state index in [1.807, 2.05) is 62.4 Å². The molecule has 0 aromatic heterocycles. The molecule has 3 aromatic carbocycles. The average Bonchev–Trinajstić information content (AvgIpc) is 2.93. The highest BCUT2D eigenvalue weighted by molar-refractivity contribution is 6.07. The van der Waals surface area contributed by atoms with Crippen LogP contribution in [0.15, 0.2) is 72.8 Å². The number of carbonyl (C=O) groups is 2. The summed E-state index contributed by atoms with van der Waals surface area (Å²) in [5.74, 6) is 1.91. The van der Waals surface area contributed by atoms with Crippen molar-refractivity contribution in [1.29, 1.82) is 0 Å². The molecule has 3 aromatic rings. The first kappa shape index (κ1) is 24.3. The summed E-state index contributed by atoms with van der Waals surface area (Å²) < 4.78 is 12.0. The van der Waals surface area contributed by atoms with Gasteiger partial charge in [-0.2, -0.15) is 0 Å². The molecule has 1 aliphatic rings. The standard InChI is InChI=1S/C29H32N2O4/c1-20(2)16-17-31-24-18-21(14-15-26(24)34-19-29(3,4)28(31)33)30-27(32)23-12-8-9-13-25(23)35-22-10-6-5-7-11-22/h5-15,18,20H,16-17,19H2,1-4H3,(H,30,32). The van der Waals surface area contributed by atoms with Gasteiger partial charge in [-0.3, -0.25) is 9.59 Å². The molecule has 6 nitrogen and oxygen atoms in total. The first-order valence-electron chi connectivity index (χ1n) is 12.0. The average molecular weight is 473 g/mol. The highest BCUT2D eigenvalue weighted by Gasteiger charge is 2.37. The van der Waals surface area contributed by atoms with Crippen molar-refractivity contribution in [2.75, 3.05) is 23.4 Å². The van der Waals surface area contributed by atoms with E-state index in [-0.39, 0.29) is 11.8 Å². The van der Waals surface area contributed by atoms with E-state index in [9.17, 15) is 9.59 Å². The second-order valence-electron chi connectivity index (χ2n) is 9.86. The van der Waals surface area contributed by atoms with Crippen LogP contribution in [0, 0.1) is 11.3 Å². The number of carbonyl (C=O) groups excluding carboxylic acids is 2. The Labute approximate surface area is 206 Å². The predicted molar refractivity (Wildman–Crippen MR) is 138 cm³/mol. The van der Waals surface area contributed by atoms with Gasteiger partial charge in [0, 0.05) is 12.2 Å². The molecule has 0 aliphatic carbocycles. The van der Waals surface area contributed by atoms with Crippen molar-refractivity contribution in [3.63, 3.8) is 0 Å². The van der Waals surface area contributed by atoms with Crippen molar-refractivity contribution in [1.82, 2.24) is 0 Å². The zero-order chi connectivity index (χ0) is 25.0. The molecule has 0 unspecified atom stereocenters. The second-order valence-corrected chi connectivity index (χ2v) is 9.86. The predicted octanol–water partition coefficient (Wildman–Crippen LogP) is 6.53. The van der Waals surface area contributed by atoms with Crippen LogP contribution in [0.3, 0.4) is 0 Å². The summed E-state index contributed by atoms with van der Waals surface area (Å²) in [5.41, 5.74) is 1.02. The Balaban J connectivity index is 1.61. The van der Waals surface area contributed by atoms with E-state index in [1.165, 1.54) is 0 Å². The van der Waals surface area contributed by atoms with Crippen LogP contribution in [0.4, 0.5) is 11.4 Å². The Morgan fingerprint density at radius 3 is 2.51 bits per heavy atom. The van der Waals surface area contributed by atoms with Crippen LogP contribution in [-0.2, 0) is 4.79 Å². The molecular formula is C29H32N2O4. The molecule has 182 valence electrons. The molecule has 0 fully saturated rings. The molecule has 1 heterocycles. The highest BCUT2D eigenvalue weighted by atomic mass is 16.5. The lowest BCUT2D eigenvalue weighted by Crippen LogP contribution is -2.42. The third-order valence-corrected chi connectivity index (χ3v) is 5.95. The smallest absolute Gasteiger partial charge is 0.259 e. The molecule has 1 N–H and O–H groups in total. The molecule has 0 saturated heterocycles. The van der Waals surface area contributed by atoms with Crippen LogP contribution < -0.4 is 19.7 Å². The number of benzene rings is 3. The molecule has 0 spiro atoms. The van der Waals surface area contributed by atoms with Gasteiger partial charge in [0.1, 0.15) is 23.9 Å². The fourth-order valence-corrected chi connectivity index (χ4v) is 3.89. The minimum atomic E-state index is -0.646. The van der Waals surface area contributed by atoms with Gasteiger partial charge in [0.05, 0.1) is 16.7 Å². The van der Waals surface area contributed by atoms with E-state index in [2.05, 4.69) is 19.2 Å². The van der Waals surface area contributed by atoms with Gasteiger partial charge in [-0.1, -0.05) is 44.2 Å². The Morgan fingerprint density at radius 2 is 1.77 bits per heavy atom. The van der Waals surface area contributed by atoms with E-state index >= 15 is 0 Å². The topological polar surface area (TPSA) is 67.9 Å². The Morgan fingerprint density at radius 1 is 1.06 bits per heavy atom. The SMILES string of the molecule is CC(C)CCN1C(=O)C(C)(C)COc2ccc(NC(=O)c3ccccc3Oc3ccccc3)cc21. The molecular weight excluding hydrogens is 440 g/mol. The number of anilines is 2. The Hall–Kier alpha value is -3.80. The van der Waals surface area contributed by atoms with E-state index in [1.54, 1.807) is 29.2 Å². The van der Waals surface area contributed by atoms with Gasteiger partial charge < -0.3 is 19.7 Å². The number of nitrogens with zero attached hydrogens (tertiary/aromatic N) is 1. The molecule has 0 saturated carbocycles. The maximum absolute atomic E-state index is 13.4. The van der Waals surface area contributed by atoms with E-state index in [0.717, 1.165) is 6.42 Å². The number of hydrogen-bond acceptors (Lipinski definition) is 4. The number of hydrogen-bond donors (Lipinski definition) is 1. The van der Waals surface area contributed by atoms with Crippen molar-refractivity contribution >= 4 is 23.2 Å². The van der Waals surface area contributed by atoms with Gasteiger partial charge in [-0.25, -0.2) is 0 Å². The van der Waals surface area contributed by atoms with Crippen LogP contribution >= 0.6 is 0 Å². The van der Waals surface area contributed by atoms with Crippen LogP contribution in [0.1, 0.15) is 44.5 Å². The van der Waals surface area contributed by atoms with E-state index in [4.69, 9.17) is 9.47 Å². The largest absolute Gasteiger partial charge is 0.490 e. The molecule has 0 bridgehead atoms. The summed E-state index contributed by atoms with van der Waals surface area (Å²) in [6, 6.07) is 21.9. The molecule has 2 amide bonds. The van der Waals surface area contributed by atoms with Gasteiger partial charge in [0.15, 0.2) is 0 Å². The monoisotopic (exact) mass is 472 g/mol. The number of fused-ring (bicyclic) bond motifs is 1. The lowest BCUT2D eigenvalue weighted by atomic mass is 9.92. The maximum Gasteiger partial charge on any atom is 0.259 e. The summed E-state index contributed by atoms with van der Waals surface area (Å²) in [6.45, 7) is 8.95. The zero-order valence-corrected chi connectivity index (χ0v) is 20.7. The van der Waals surface area contributed by atoms with Gasteiger partial charge in [-0.05, 0) is 68.7 Å². The quantitative estimate of drug-likeness (QED) is 0.425. The van der Waals surface area contributed by atoms with E-state index in [0.29, 0.717) is 53.3 Å². The molecule has 4 rings (SSSR count). The fraction of sp³-hybridized carbons (Fsp3) is 0.310. The third kappa shape index (κ3) is 5.65. The van der Waals surface area contributed by atoms with Crippen LogP contribution in [0.5, 0.6) is 17.2 Å². The number of amides is 2. The van der Waals surface area contributed by atoms with Gasteiger partial charge >= 0.3 is 0 Å². The van der Waals surface area contributed by atoms with Crippen molar-refractivity contribution in [3.8, 4) is 17.2 Å². The van der Waals surface area contributed by atoms with Crippen LogP contribution in [0.2, 0.25) is 0 Å². The van der Waals surface area contributed by atoms with Gasteiger partial charge in [0.2, 0.25) is 5.91 Å². The summed E-state index contributed by atoms with van der Waals surface area (Å²) in [6.07, 6.45) is 0.863. The normalized spacial score (nSPS) is 14.7. The second kappa shape index (κ2) is 10.2. The van der Waals surface area contributed by atoms with Crippen molar-refractivity contribution in [3.05, 3.63) is 78.4 Å². The van der Waals surface area contributed by atoms with Crippen LogP contribution in [-0.4, -0.2) is 25.0 Å². The first-order valence-corrected chi connectivity index (χ1v) is 12.0. The van der Waals surface area contributed by atoms with Gasteiger partial charge in [0.25, 0.3) is 5.91 Å². The summed E-state index contributed by atoms with van der Waals surface area (Å²) in [5, 5.41) is 2.96. The zero-order valence-electron chi connectivity index (χ0n) is 20.7. The number of ether oxygens (including phenoxy) is 2.